The molecule has 1 N–H and O–H groups in total. The summed E-state index contributed by atoms with van der Waals surface area (Å²) in [5.74, 6) is 1.37. The Hall–Kier alpha value is -2.33. The fourth-order valence-corrected chi connectivity index (χ4v) is 4.60. The molecule has 7 nitrogen and oxygen atoms in total. The third-order valence-corrected chi connectivity index (χ3v) is 6.64. The number of aromatic nitrogens is 2. The van der Waals surface area contributed by atoms with Gasteiger partial charge in [0.1, 0.15) is 11.5 Å². The van der Waals surface area contributed by atoms with Gasteiger partial charge in [0.25, 0.3) is 0 Å². The largest absolute Gasteiger partial charge is 0.456 e. The van der Waals surface area contributed by atoms with Crippen LogP contribution >= 0.6 is 34.7 Å². The molecule has 0 saturated carbocycles. The van der Waals surface area contributed by atoms with E-state index in [0.29, 0.717) is 35.4 Å². The van der Waals surface area contributed by atoms with Crippen molar-refractivity contribution >= 4 is 51.4 Å². The van der Waals surface area contributed by atoms with E-state index in [9.17, 15) is 4.79 Å². The van der Waals surface area contributed by atoms with Crippen LogP contribution in [0.4, 0.5) is 10.8 Å². The monoisotopic (exact) mass is 462 g/mol. The van der Waals surface area contributed by atoms with Gasteiger partial charge in [0, 0.05) is 18.8 Å². The molecule has 0 unspecified atom stereocenters. The fourth-order valence-electron chi connectivity index (χ4n) is 2.73. The lowest BCUT2D eigenvalue weighted by atomic mass is 10.3. The highest BCUT2D eigenvalue weighted by Gasteiger charge is 2.16. The first kappa shape index (κ1) is 20.9. The number of rotatable bonds is 7. The second kappa shape index (κ2) is 10.1. The first-order valence-electron chi connectivity index (χ1n) is 9.29. The van der Waals surface area contributed by atoms with Gasteiger partial charge in [-0.3, -0.25) is 4.79 Å². The quantitative estimate of drug-likeness (QED) is 0.516. The molecule has 1 aromatic heterocycles. The van der Waals surface area contributed by atoms with Crippen LogP contribution in [-0.4, -0.2) is 48.2 Å². The number of anilines is 2. The number of halogens is 1. The maximum Gasteiger partial charge on any atom is 0.234 e. The van der Waals surface area contributed by atoms with Crippen LogP contribution in [0, 0.1) is 0 Å². The maximum absolute atomic E-state index is 12.3. The molecule has 0 atom stereocenters. The van der Waals surface area contributed by atoms with E-state index in [4.69, 9.17) is 21.1 Å². The fraction of sp³-hybridized carbons (Fsp3) is 0.250. The second-order valence-corrected chi connectivity index (χ2v) is 8.93. The summed E-state index contributed by atoms with van der Waals surface area (Å²) >= 11 is 8.97. The lowest BCUT2D eigenvalue weighted by molar-refractivity contribution is -0.113. The minimum atomic E-state index is -0.108. The second-order valence-electron chi connectivity index (χ2n) is 6.34. The lowest BCUT2D eigenvalue weighted by Gasteiger charge is -2.25. The molecule has 3 aromatic rings. The highest BCUT2D eigenvalue weighted by atomic mass is 35.5. The summed E-state index contributed by atoms with van der Waals surface area (Å²) in [4.78, 5) is 14.4. The van der Waals surface area contributed by atoms with Crippen LogP contribution in [0.5, 0.6) is 11.5 Å². The van der Waals surface area contributed by atoms with Crippen LogP contribution in [0.25, 0.3) is 0 Å². The van der Waals surface area contributed by atoms with Crippen LogP contribution in [0.3, 0.4) is 0 Å². The molecule has 0 radical (unpaired) electrons. The molecule has 30 heavy (non-hydrogen) atoms. The number of carbonyl (C=O) groups excluding carboxylic acids is 1. The Bertz CT molecular complexity index is 994. The normalized spacial score (nSPS) is 13.8. The van der Waals surface area contributed by atoms with Crippen molar-refractivity contribution in [3.63, 3.8) is 0 Å². The zero-order valence-electron chi connectivity index (χ0n) is 15.9. The summed E-state index contributed by atoms with van der Waals surface area (Å²) in [6, 6.07) is 14.4. The van der Waals surface area contributed by atoms with Crippen LogP contribution in [0.1, 0.15) is 0 Å². The average molecular weight is 463 g/mol. The van der Waals surface area contributed by atoms with Crippen molar-refractivity contribution in [1.29, 1.82) is 0 Å². The first-order chi connectivity index (χ1) is 14.7. The molecule has 10 heteroatoms. The van der Waals surface area contributed by atoms with Crippen molar-refractivity contribution < 1.29 is 14.3 Å². The Morgan fingerprint density at radius 3 is 2.70 bits per heavy atom. The van der Waals surface area contributed by atoms with Gasteiger partial charge >= 0.3 is 0 Å². The first-order valence-corrected chi connectivity index (χ1v) is 11.5. The Labute approximate surface area is 187 Å². The number of benzene rings is 2. The number of nitrogens with zero attached hydrogens (tertiary/aromatic N) is 3. The lowest BCUT2D eigenvalue weighted by Crippen LogP contribution is -2.36. The van der Waals surface area contributed by atoms with Crippen LogP contribution in [-0.2, 0) is 9.53 Å². The van der Waals surface area contributed by atoms with Crippen molar-refractivity contribution in [1.82, 2.24) is 10.2 Å². The molecule has 1 aliphatic heterocycles. The number of carbonyl (C=O) groups is 1. The van der Waals surface area contributed by atoms with Gasteiger partial charge in [-0.15, -0.1) is 10.2 Å². The summed E-state index contributed by atoms with van der Waals surface area (Å²) in [5, 5.41) is 12.7. The van der Waals surface area contributed by atoms with E-state index in [2.05, 4.69) is 20.4 Å². The SMILES string of the molecule is O=C(CSc1nnc(N2CCOCC2)s1)Nc1ccc(Oc2ccccc2Cl)cc1. The molecule has 1 aliphatic rings. The van der Waals surface area contributed by atoms with Gasteiger partial charge in [-0.05, 0) is 36.4 Å². The van der Waals surface area contributed by atoms with E-state index in [-0.39, 0.29) is 11.7 Å². The van der Waals surface area contributed by atoms with Crippen molar-refractivity contribution in [2.75, 3.05) is 42.3 Å². The highest BCUT2D eigenvalue weighted by molar-refractivity contribution is 8.01. The third kappa shape index (κ3) is 5.63. The smallest absolute Gasteiger partial charge is 0.234 e. The summed E-state index contributed by atoms with van der Waals surface area (Å²) in [6.45, 7) is 3.03. The zero-order valence-corrected chi connectivity index (χ0v) is 18.3. The van der Waals surface area contributed by atoms with Crippen molar-refractivity contribution in [2.24, 2.45) is 0 Å². The summed E-state index contributed by atoms with van der Waals surface area (Å²) in [6.07, 6.45) is 0. The number of nitrogens with one attached hydrogen (secondary N) is 1. The Morgan fingerprint density at radius 1 is 1.17 bits per heavy atom. The number of morpholine rings is 1. The zero-order chi connectivity index (χ0) is 20.8. The van der Waals surface area contributed by atoms with Gasteiger partial charge in [0.15, 0.2) is 4.34 Å². The van der Waals surface area contributed by atoms with Crippen molar-refractivity contribution in [3.8, 4) is 11.5 Å². The number of para-hydroxylation sites is 1. The molecule has 156 valence electrons. The van der Waals surface area contributed by atoms with E-state index in [0.717, 1.165) is 22.6 Å². The number of thioether (sulfide) groups is 1. The van der Waals surface area contributed by atoms with Crippen molar-refractivity contribution in [3.05, 3.63) is 53.6 Å². The molecule has 2 heterocycles. The van der Waals surface area contributed by atoms with Gasteiger partial charge < -0.3 is 19.7 Å². The molecule has 0 aliphatic carbocycles. The Kier molecular flexibility index (Phi) is 7.06. The number of ether oxygens (including phenoxy) is 2. The summed E-state index contributed by atoms with van der Waals surface area (Å²) in [7, 11) is 0. The minimum absolute atomic E-state index is 0.108. The maximum atomic E-state index is 12.3. The average Bonchev–Trinajstić information content (AvgIpc) is 3.25. The predicted octanol–water partition coefficient (Wildman–Crippen LogP) is 4.55. The van der Waals surface area contributed by atoms with Crippen molar-refractivity contribution in [2.45, 2.75) is 4.34 Å². The molecule has 1 fully saturated rings. The third-order valence-electron chi connectivity index (χ3n) is 4.21. The predicted molar refractivity (Wildman–Crippen MR) is 120 cm³/mol. The molecule has 1 saturated heterocycles. The molecular weight excluding hydrogens is 444 g/mol. The van der Waals surface area contributed by atoms with Crippen LogP contribution < -0.4 is 15.0 Å². The van der Waals surface area contributed by atoms with Gasteiger partial charge in [-0.2, -0.15) is 0 Å². The summed E-state index contributed by atoms with van der Waals surface area (Å²) in [5.41, 5.74) is 0.693. The molecule has 2 aromatic carbocycles. The Balaban J connectivity index is 1.26. The number of hydrogen-bond donors (Lipinski definition) is 1. The van der Waals surface area contributed by atoms with Crippen LogP contribution in [0.15, 0.2) is 52.9 Å². The molecule has 0 spiro atoms. The molecular formula is C20H19ClN4O3S2. The molecule has 4 rings (SSSR count). The number of hydrogen-bond acceptors (Lipinski definition) is 8. The van der Waals surface area contributed by atoms with Gasteiger partial charge in [-0.1, -0.05) is 46.8 Å². The standard InChI is InChI=1S/C20H19ClN4O3S2/c21-16-3-1-2-4-17(16)28-15-7-5-14(6-8-15)22-18(26)13-29-20-24-23-19(30-20)25-9-11-27-12-10-25/h1-8H,9-13H2,(H,22,26). The topological polar surface area (TPSA) is 76.6 Å². The molecule has 1 amide bonds. The van der Waals surface area contributed by atoms with E-state index in [1.807, 2.05) is 12.1 Å². The Morgan fingerprint density at radius 2 is 1.93 bits per heavy atom. The van der Waals surface area contributed by atoms with E-state index in [1.165, 1.54) is 23.1 Å². The van der Waals surface area contributed by atoms with E-state index >= 15 is 0 Å². The highest BCUT2D eigenvalue weighted by Crippen LogP contribution is 2.30. The van der Waals surface area contributed by atoms with E-state index in [1.54, 1.807) is 36.4 Å². The molecule has 0 bridgehead atoms. The van der Waals surface area contributed by atoms with Gasteiger partial charge in [0.05, 0.1) is 24.0 Å². The minimum Gasteiger partial charge on any atom is -0.456 e. The van der Waals surface area contributed by atoms with E-state index < -0.39 is 0 Å². The van der Waals surface area contributed by atoms with Gasteiger partial charge in [-0.25, -0.2) is 0 Å². The van der Waals surface area contributed by atoms with Gasteiger partial charge in [0.2, 0.25) is 11.0 Å². The summed E-state index contributed by atoms with van der Waals surface area (Å²) < 4.78 is 11.9. The van der Waals surface area contributed by atoms with Crippen LogP contribution in [0.2, 0.25) is 5.02 Å². The number of amides is 1.